The van der Waals surface area contributed by atoms with Gasteiger partial charge in [0.1, 0.15) is 17.0 Å². The van der Waals surface area contributed by atoms with Crippen molar-refractivity contribution in [1.82, 2.24) is 20.9 Å². The van der Waals surface area contributed by atoms with Crippen LogP contribution in [-0.2, 0) is 25.5 Å². The average molecular weight is 521 g/mol. The summed E-state index contributed by atoms with van der Waals surface area (Å²) in [7, 11) is 1.16. The third-order valence-corrected chi connectivity index (χ3v) is 6.40. The highest BCUT2D eigenvalue weighted by atomic mass is 32.1. The first-order chi connectivity index (χ1) is 16.9. The standard InChI is InChI=1S/C25H36N4O6S/c1-15(21(30)27-16(2)23(32)34-6)26-22(31)19-14-36-20(29-19)13-17-9-7-11-18(12-8-10-17)28-24(33)35-25(3,4)5/h14,17-18H,1-2,7-13H2,3-6H3,(H,26,31)(H,27,30)(H,28,33). The van der Waals surface area contributed by atoms with E-state index < -0.39 is 23.4 Å². The molecule has 1 aliphatic carbocycles. The number of hydrogen-bond acceptors (Lipinski definition) is 8. The maximum Gasteiger partial charge on any atom is 0.407 e. The summed E-state index contributed by atoms with van der Waals surface area (Å²) < 4.78 is 9.82. The molecule has 36 heavy (non-hydrogen) atoms. The monoisotopic (exact) mass is 520 g/mol. The topological polar surface area (TPSA) is 136 Å². The van der Waals surface area contributed by atoms with Crippen molar-refractivity contribution in [3.8, 4) is 0 Å². The highest BCUT2D eigenvalue weighted by Crippen LogP contribution is 2.27. The van der Waals surface area contributed by atoms with Gasteiger partial charge in [-0.15, -0.1) is 11.3 Å². The second kappa shape index (κ2) is 13.2. The third kappa shape index (κ3) is 9.80. The minimum absolute atomic E-state index is 0.117. The Bertz CT molecular complexity index is 987. The number of nitrogens with zero attached hydrogens (tertiary/aromatic N) is 1. The molecule has 0 atom stereocenters. The van der Waals surface area contributed by atoms with E-state index in [4.69, 9.17) is 4.74 Å². The number of methoxy groups -OCH3 is 1. The van der Waals surface area contributed by atoms with E-state index in [-0.39, 0.29) is 29.2 Å². The van der Waals surface area contributed by atoms with Gasteiger partial charge >= 0.3 is 12.1 Å². The third-order valence-electron chi connectivity index (χ3n) is 5.53. The van der Waals surface area contributed by atoms with Crippen molar-refractivity contribution in [3.05, 3.63) is 40.6 Å². The van der Waals surface area contributed by atoms with E-state index in [1.165, 1.54) is 11.3 Å². The Morgan fingerprint density at radius 1 is 1.06 bits per heavy atom. The number of nitrogens with one attached hydrogen (secondary N) is 3. The Hall–Kier alpha value is -3.21. The van der Waals surface area contributed by atoms with Gasteiger partial charge in [-0.3, -0.25) is 9.59 Å². The minimum atomic E-state index is -0.796. The van der Waals surface area contributed by atoms with Gasteiger partial charge in [0.15, 0.2) is 0 Å². The predicted octanol–water partition coefficient (Wildman–Crippen LogP) is 3.60. The molecule has 10 nitrogen and oxygen atoms in total. The van der Waals surface area contributed by atoms with Crippen molar-refractivity contribution < 1.29 is 28.7 Å². The molecule has 198 valence electrons. The first-order valence-corrected chi connectivity index (χ1v) is 12.8. The number of ether oxygens (including phenoxy) is 2. The Morgan fingerprint density at radius 3 is 2.28 bits per heavy atom. The Balaban J connectivity index is 1.81. The molecule has 1 heterocycles. The van der Waals surface area contributed by atoms with Crippen LogP contribution in [0.15, 0.2) is 29.9 Å². The van der Waals surface area contributed by atoms with E-state index >= 15 is 0 Å². The largest absolute Gasteiger partial charge is 0.464 e. The molecule has 0 spiro atoms. The molecular formula is C25H36N4O6S. The second-order valence-corrected chi connectivity index (χ2v) is 10.7. The summed E-state index contributed by atoms with van der Waals surface area (Å²) in [6.45, 7) is 12.5. The molecule has 2 rings (SSSR count). The molecule has 1 aromatic heterocycles. The molecule has 11 heteroatoms. The van der Waals surface area contributed by atoms with Crippen LogP contribution in [-0.4, -0.2) is 47.6 Å². The molecule has 3 amide bonds. The predicted molar refractivity (Wildman–Crippen MR) is 136 cm³/mol. The zero-order valence-corrected chi connectivity index (χ0v) is 22.2. The number of amides is 3. The SMILES string of the molecule is C=C(NC(=O)c1csc(CC2CCCC(NC(=O)OC(C)(C)C)CCC2)n1)C(=O)NC(=C)C(=O)OC. The molecule has 1 saturated carbocycles. The van der Waals surface area contributed by atoms with E-state index in [9.17, 15) is 19.2 Å². The van der Waals surface area contributed by atoms with E-state index in [1.54, 1.807) is 5.38 Å². The number of aromatic nitrogens is 1. The number of hydrogen-bond donors (Lipinski definition) is 3. The number of carbonyl (C=O) groups excluding carboxylic acids is 4. The quantitative estimate of drug-likeness (QED) is 0.352. The average Bonchev–Trinajstić information content (AvgIpc) is 3.23. The van der Waals surface area contributed by atoms with Crippen molar-refractivity contribution in [3.63, 3.8) is 0 Å². The number of rotatable bonds is 8. The second-order valence-electron chi connectivity index (χ2n) is 9.76. The van der Waals surface area contributed by atoms with E-state index in [1.807, 2.05) is 20.8 Å². The van der Waals surface area contributed by atoms with E-state index in [0.717, 1.165) is 57.1 Å². The lowest BCUT2D eigenvalue weighted by Gasteiger charge is -2.26. The van der Waals surface area contributed by atoms with Crippen molar-refractivity contribution in [2.24, 2.45) is 5.92 Å². The van der Waals surface area contributed by atoms with Gasteiger partial charge in [0.2, 0.25) is 0 Å². The molecule has 1 aliphatic rings. The molecule has 0 unspecified atom stereocenters. The Kier molecular flexibility index (Phi) is 10.6. The number of alkyl carbamates (subject to hydrolysis) is 1. The molecule has 1 fully saturated rings. The summed E-state index contributed by atoms with van der Waals surface area (Å²) in [4.78, 5) is 52.4. The van der Waals surface area contributed by atoms with Crippen LogP contribution < -0.4 is 16.0 Å². The minimum Gasteiger partial charge on any atom is -0.464 e. The van der Waals surface area contributed by atoms with Gasteiger partial charge in [-0.1, -0.05) is 26.0 Å². The highest BCUT2D eigenvalue weighted by Gasteiger charge is 2.23. The van der Waals surface area contributed by atoms with Crippen LogP contribution in [0.2, 0.25) is 0 Å². The van der Waals surface area contributed by atoms with Gasteiger partial charge in [-0.05, 0) is 52.4 Å². The lowest BCUT2D eigenvalue weighted by Crippen LogP contribution is -2.39. The van der Waals surface area contributed by atoms with Gasteiger partial charge < -0.3 is 25.4 Å². The maximum absolute atomic E-state index is 12.5. The molecule has 0 aromatic carbocycles. The normalized spacial score (nSPS) is 18.1. The van der Waals surface area contributed by atoms with Gasteiger partial charge in [0.05, 0.1) is 17.8 Å². The summed E-state index contributed by atoms with van der Waals surface area (Å²) >= 11 is 1.40. The molecule has 0 radical (unpaired) electrons. The maximum atomic E-state index is 12.5. The van der Waals surface area contributed by atoms with Crippen molar-refractivity contribution >= 4 is 35.2 Å². The lowest BCUT2D eigenvalue weighted by molar-refractivity contribution is -0.137. The zero-order valence-electron chi connectivity index (χ0n) is 21.4. The Morgan fingerprint density at radius 2 is 1.69 bits per heavy atom. The summed E-state index contributed by atoms with van der Waals surface area (Å²) in [5, 5.41) is 10.1. The van der Waals surface area contributed by atoms with Crippen LogP contribution in [0.3, 0.4) is 0 Å². The molecule has 0 aliphatic heterocycles. The number of esters is 1. The number of carbonyl (C=O) groups is 4. The van der Waals surface area contributed by atoms with Crippen LogP contribution in [0.1, 0.15) is 74.8 Å². The first-order valence-electron chi connectivity index (χ1n) is 11.9. The lowest BCUT2D eigenvalue weighted by atomic mass is 9.87. The van der Waals surface area contributed by atoms with Crippen LogP contribution >= 0.6 is 11.3 Å². The van der Waals surface area contributed by atoms with Gasteiger partial charge in [0, 0.05) is 17.8 Å². The molecular weight excluding hydrogens is 484 g/mol. The fourth-order valence-electron chi connectivity index (χ4n) is 3.82. The van der Waals surface area contributed by atoms with E-state index in [0.29, 0.717) is 5.92 Å². The summed E-state index contributed by atoms with van der Waals surface area (Å²) in [6.07, 6.45) is 6.17. The first kappa shape index (κ1) is 29.0. The summed E-state index contributed by atoms with van der Waals surface area (Å²) in [5.74, 6) is -1.69. The molecule has 3 N–H and O–H groups in total. The van der Waals surface area contributed by atoms with Crippen LogP contribution in [0, 0.1) is 5.92 Å². The summed E-state index contributed by atoms with van der Waals surface area (Å²) in [6, 6.07) is 0.117. The van der Waals surface area contributed by atoms with Gasteiger partial charge in [-0.25, -0.2) is 14.6 Å². The zero-order chi connectivity index (χ0) is 26.9. The molecule has 0 saturated heterocycles. The van der Waals surface area contributed by atoms with Crippen LogP contribution in [0.5, 0.6) is 0 Å². The summed E-state index contributed by atoms with van der Waals surface area (Å²) in [5.41, 5.74) is -0.822. The Labute approximate surface area is 215 Å². The van der Waals surface area contributed by atoms with Crippen molar-refractivity contribution in [2.75, 3.05) is 7.11 Å². The fraction of sp³-hybridized carbons (Fsp3) is 0.560. The highest BCUT2D eigenvalue weighted by molar-refractivity contribution is 7.09. The molecule has 0 bridgehead atoms. The van der Waals surface area contributed by atoms with Gasteiger partial charge in [-0.2, -0.15) is 0 Å². The van der Waals surface area contributed by atoms with Crippen molar-refractivity contribution in [2.45, 2.75) is 77.4 Å². The van der Waals surface area contributed by atoms with Crippen molar-refractivity contribution in [1.29, 1.82) is 0 Å². The number of thiazole rings is 1. The van der Waals surface area contributed by atoms with Crippen LogP contribution in [0.4, 0.5) is 4.79 Å². The fourth-order valence-corrected chi connectivity index (χ4v) is 4.71. The van der Waals surface area contributed by atoms with E-state index in [2.05, 4.69) is 38.8 Å². The smallest absolute Gasteiger partial charge is 0.407 e. The van der Waals surface area contributed by atoms with Gasteiger partial charge in [0.25, 0.3) is 11.8 Å². The molecule has 1 aromatic rings. The van der Waals surface area contributed by atoms with Crippen LogP contribution in [0.25, 0.3) is 0 Å².